The average Bonchev–Trinajstić information content (AvgIpc) is 3.15. The molecule has 0 aromatic carbocycles. The molecule has 7 heteroatoms. The third-order valence-electron chi connectivity index (χ3n) is 2.92. The second-order valence-electron chi connectivity index (χ2n) is 4.30. The molecular weight excluding hydrogens is 282 g/mol. The Balaban J connectivity index is 0.000000847. The van der Waals surface area contributed by atoms with Gasteiger partial charge in [-0.25, -0.2) is 4.79 Å². The van der Waals surface area contributed by atoms with E-state index in [0.29, 0.717) is 17.7 Å². The van der Waals surface area contributed by atoms with Gasteiger partial charge in [-0.05, 0) is 13.0 Å². The molecule has 3 aromatic rings. The SMILES string of the molecule is CC.CCOC(=O)c1cnn2ncc(-c3cnn(C)c3)cc12. The van der Waals surface area contributed by atoms with Crippen LogP contribution in [0.2, 0.25) is 0 Å². The van der Waals surface area contributed by atoms with Crippen LogP contribution in [0.5, 0.6) is 0 Å². The summed E-state index contributed by atoms with van der Waals surface area (Å²) in [6.45, 7) is 6.09. The van der Waals surface area contributed by atoms with E-state index in [1.54, 1.807) is 24.0 Å². The molecule has 3 rings (SSSR count). The molecule has 0 bridgehead atoms. The van der Waals surface area contributed by atoms with Crippen LogP contribution in [0.15, 0.2) is 30.9 Å². The van der Waals surface area contributed by atoms with Gasteiger partial charge in [-0.1, -0.05) is 13.8 Å². The molecule has 0 unspecified atom stereocenters. The highest BCUT2D eigenvalue weighted by Gasteiger charge is 2.15. The molecule has 0 saturated heterocycles. The highest BCUT2D eigenvalue weighted by molar-refractivity contribution is 5.97. The Morgan fingerprint density at radius 3 is 2.45 bits per heavy atom. The highest BCUT2D eigenvalue weighted by Crippen LogP contribution is 2.21. The lowest BCUT2D eigenvalue weighted by molar-refractivity contribution is 0.0528. The first-order valence-electron chi connectivity index (χ1n) is 7.19. The van der Waals surface area contributed by atoms with E-state index >= 15 is 0 Å². The number of nitrogens with zero attached hydrogens (tertiary/aromatic N) is 5. The van der Waals surface area contributed by atoms with Crippen LogP contribution >= 0.6 is 0 Å². The van der Waals surface area contributed by atoms with Crippen molar-refractivity contribution < 1.29 is 9.53 Å². The Morgan fingerprint density at radius 1 is 1.14 bits per heavy atom. The number of carbonyl (C=O) groups excluding carboxylic acids is 1. The molecule has 0 aliphatic rings. The number of carbonyl (C=O) groups is 1. The van der Waals surface area contributed by atoms with Crippen molar-refractivity contribution in [2.45, 2.75) is 20.8 Å². The third kappa shape index (κ3) is 2.98. The number of fused-ring (bicyclic) bond motifs is 1. The van der Waals surface area contributed by atoms with E-state index in [0.717, 1.165) is 11.1 Å². The zero-order valence-electron chi connectivity index (χ0n) is 13.1. The minimum absolute atomic E-state index is 0.325. The maximum absolute atomic E-state index is 11.9. The van der Waals surface area contributed by atoms with Crippen LogP contribution < -0.4 is 0 Å². The lowest BCUT2D eigenvalue weighted by Crippen LogP contribution is -2.04. The summed E-state index contributed by atoms with van der Waals surface area (Å²) in [6.07, 6.45) is 6.78. The fraction of sp³-hybridized carbons (Fsp3) is 0.333. The largest absolute Gasteiger partial charge is 0.462 e. The number of ether oxygens (including phenoxy) is 1. The van der Waals surface area contributed by atoms with Crippen LogP contribution in [0.4, 0.5) is 0 Å². The summed E-state index contributed by atoms with van der Waals surface area (Å²) in [5.74, 6) is -0.396. The number of aromatic nitrogens is 5. The van der Waals surface area contributed by atoms with Crippen molar-refractivity contribution in [3.05, 3.63) is 36.4 Å². The van der Waals surface area contributed by atoms with Crippen LogP contribution in [0, 0.1) is 0 Å². The van der Waals surface area contributed by atoms with Crippen molar-refractivity contribution in [1.29, 1.82) is 0 Å². The van der Waals surface area contributed by atoms with E-state index in [9.17, 15) is 4.79 Å². The van der Waals surface area contributed by atoms with E-state index in [4.69, 9.17) is 4.74 Å². The summed E-state index contributed by atoms with van der Waals surface area (Å²) in [7, 11) is 1.85. The van der Waals surface area contributed by atoms with Crippen LogP contribution in [-0.4, -0.2) is 37.2 Å². The predicted octanol–water partition coefficient (Wildman–Crippen LogP) is 2.33. The minimum Gasteiger partial charge on any atom is -0.462 e. The van der Waals surface area contributed by atoms with Crippen molar-refractivity contribution >= 4 is 11.5 Å². The molecule has 0 radical (unpaired) electrons. The molecule has 22 heavy (non-hydrogen) atoms. The van der Waals surface area contributed by atoms with Gasteiger partial charge in [0.2, 0.25) is 0 Å². The Morgan fingerprint density at radius 2 is 1.82 bits per heavy atom. The van der Waals surface area contributed by atoms with Crippen LogP contribution in [-0.2, 0) is 11.8 Å². The lowest BCUT2D eigenvalue weighted by atomic mass is 10.1. The highest BCUT2D eigenvalue weighted by atomic mass is 16.5. The molecule has 0 atom stereocenters. The predicted molar refractivity (Wildman–Crippen MR) is 82.5 cm³/mol. The van der Waals surface area contributed by atoms with Crippen molar-refractivity contribution in [3.8, 4) is 11.1 Å². The second kappa shape index (κ2) is 6.84. The summed E-state index contributed by atoms with van der Waals surface area (Å²) >= 11 is 0. The summed E-state index contributed by atoms with van der Waals surface area (Å²) in [5.41, 5.74) is 2.82. The number of rotatable bonds is 3. The van der Waals surface area contributed by atoms with Crippen molar-refractivity contribution in [2.24, 2.45) is 7.05 Å². The molecule has 0 aliphatic carbocycles. The molecule has 0 aliphatic heterocycles. The smallest absolute Gasteiger partial charge is 0.342 e. The lowest BCUT2D eigenvalue weighted by Gasteiger charge is -2.01. The fourth-order valence-corrected chi connectivity index (χ4v) is 1.97. The molecule has 0 amide bonds. The van der Waals surface area contributed by atoms with Crippen LogP contribution in [0.1, 0.15) is 31.1 Å². The summed E-state index contributed by atoms with van der Waals surface area (Å²) < 4.78 is 8.13. The van der Waals surface area contributed by atoms with E-state index in [1.165, 1.54) is 10.8 Å². The van der Waals surface area contributed by atoms with Gasteiger partial charge in [0.05, 0.1) is 25.2 Å². The number of esters is 1. The summed E-state index contributed by atoms with van der Waals surface area (Å²) in [4.78, 5) is 11.9. The quantitative estimate of drug-likeness (QED) is 0.694. The molecule has 0 fully saturated rings. The monoisotopic (exact) mass is 301 g/mol. The Hall–Kier alpha value is -2.70. The fourth-order valence-electron chi connectivity index (χ4n) is 1.97. The van der Waals surface area contributed by atoms with Gasteiger partial charge in [-0.3, -0.25) is 4.68 Å². The van der Waals surface area contributed by atoms with Crippen LogP contribution in [0.25, 0.3) is 16.6 Å². The van der Waals surface area contributed by atoms with Crippen molar-refractivity contribution in [2.75, 3.05) is 6.61 Å². The zero-order chi connectivity index (χ0) is 16.1. The van der Waals surface area contributed by atoms with Gasteiger partial charge in [-0.15, -0.1) is 0 Å². The number of hydrogen-bond acceptors (Lipinski definition) is 5. The number of hydrogen-bond donors (Lipinski definition) is 0. The van der Waals surface area contributed by atoms with Gasteiger partial charge >= 0.3 is 5.97 Å². The van der Waals surface area contributed by atoms with Gasteiger partial charge in [0.25, 0.3) is 0 Å². The molecule has 0 N–H and O–H groups in total. The van der Waals surface area contributed by atoms with Gasteiger partial charge < -0.3 is 4.74 Å². The molecular formula is C15H19N5O2. The molecule has 7 nitrogen and oxygen atoms in total. The second-order valence-corrected chi connectivity index (χ2v) is 4.30. The third-order valence-corrected chi connectivity index (χ3v) is 2.92. The van der Waals surface area contributed by atoms with E-state index in [1.807, 2.05) is 33.2 Å². The Kier molecular flexibility index (Phi) is 4.88. The Bertz CT molecular complexity index is 775. The minimum atomic E-state index is -0.396. The van der Waals surface area contributed by atoms with Gasteiger partial charge in [0, 0.05) is 24.4 Å². The van der Waals surface area contributed by atoms with E-state index in [-0.39, 0.29) is 0 Å². The topological polar surface area (TPSA) is 74.3 Å². The first kappa shape index (κ1) is 15.7. The Labute approximate surface area is 128 Å². The summed E-state index contributed by atoms with van der Waals surface area (Å²) in [6, 6.07) is 1.85. The van der Waals surface area contributed by atoms with Crippen molar-refractivity contribution in [1.82, 2.24) is 24.6 Å². The van der Waals surface area contributed by atoms with Gasteiger partial charge in [0.15, 0.2) is 0 Å². The first-order valence-corrected chi connectivity index (χ1v) is 7.19. The molecule has 0 saturated carbocycles. The van der Waals surface area contributed by atoms with E-state index < -0.39 is 5.97 Å². The molecule has 116 valence electrons. The molecule has 3 heterocycles. The van der Waals surface area contributed by atoms with Gasteiger partial charge in [-0.2, -0.15) is 19.9 Å². The maximum Gasteiger partial charge on any atom is 0.342 e. The van der Waals surface area contributed by atoms with Gasteiger partial charge in [0.1, 0.15) is 11.1 Å². The molecule has 0 spiro atoms. The average molecular weight is 301 g/mol. The zero-order valence-corrected chi connectivity index (χ0v) is 13.1. The van der Waals surface area contributed by atoms with E-state index in [2.05, 4.69) is 15.3 Å². The van der Waals surface area contributed by atoms with Crippen LogP contribution in [0.3, 0.4) is 0 Å². The standard InChI is InChI=1S/C13H13N5O2.C2H6/c1-3-20-13(19)11-7-16-18-12(11)4-9(5-15-18)10-6-14-17(2)8-10;1-2/h4-8H,3H2,1-2H3;1-2H3. The summed E-state index contributed by atoms with van der Waals surface area (Å²) in [5, 5.41) is 12.4. The first-order chi connectivity index (χ1) is 10.7. The normalized spacial score (nSPS) is 10.2. The molecule has 3 aromatic heterocycles. The maximum atomic E-state index is 11.9. The number of aryl methyl sites for hydroxylation is 1. The van der Waals surface area contributed by atoms with Crippen molar-refractivity contribution in [3.63, 3.8) is 0 Å².